The third kappa shape index (κ3) is 2.18. The Morgan fingerprint density at radius 2 is 1.70 bits per heavy atom. The summed E-state index contributed by atoms with van der Waals surface area (Å²) >= 11 is 2.02. The molecule has 1 aliphatic heterocycles. The highest BCUT2D eigenvalue weighted by atomic mass is 32.2. The van der Waals surface area contributed by atoms with Gasteiger partial charge in [0, 0.05) is 11.0 Å². The van der Waals surface area contributed by atoms with Crippen LogP contribution in [0.15, 0.2) is 59.7 Å². The van der Waals surface area contributed by atoms with Gasteiger partial charge in [-0.25, -0.2) is 5.01 Å². The Bertz CT molecular complexity index is 902. The highest BCUT2D eigenvalue weighted by Crippen LogP contribution is 2.75. The predicted octanol–water partition coefficient (Wildman–Crippen LogP) is 6.45. The lowest BCUT2D eigenvalue weighted by molar-refractivity contribution is 0.121. The number of benzene rings is 2. The molecule has 0 aromatic heterocycles. The largest absolute Gasteiger partial charge is 0.247 e. The standard InChI is InChI=1S/C24H28N2S/c1-17-10-12-18(13-11-17)21-25-26(20-8-6-5-7-9-20)24(27-21)16-19-14-15-23(24,4)22(19,2)3/h5-13,19H,14-16H2,1-4H3/t19-,23-,24-/m1/s1. The fraction of sp³-hybridized carbons (Fsp3) is 0.458. The number of hydrogen-bond donors (Lipinski definition) is 0. The van der Waals surface area contributed by atoms with E-state index >= 15 is 0 Å². The molecule has 27 heavy (non-hydrogen) atoms. The molecule has 2 aromatic carbocycles. The lowest BCUT2D eigenvalue weighted by atomic mass is 9.68. The molecule has 0 unspecified atom stereocenters. The molecule has 2 nitrogen and oxygen atoms in total. The van der Waals surface area contributed by atoms with Gasteiger partial charge in [0.2, 0.25) is 0 Å². The maximum atomic E-state index is 5.24. The molecule has 2 fully saturated rings. The van der Waals surface area contributed by atoms with Crippen LogP contribution in [-0.2, 0) is 0 Å². The van der Waals surface area contributed by atoms with Crippen molar-refractivity contribution in [3.05, 3.63) is 65.7 Å². The van der Waals surface area contributed by atoms with Crippen LogP contribution in [0, 0.1) is 23.7 Å². The molecule has 5 rings (SSSR count). The van der Waals surface area contributed by atoms with Gasteiger partial charge in [-0.2, -0.15) is 5.10 Å². The van der Waals surface area contributed by atoms with Gasteiger partial charge < -0.3 is 0 Å². The smallest absolute Gasteiger partial charge is 0.126 e. The number of nitrogens with zero attached hydrogens (tertiary/aromatic N) is 2. The van der Waals surface area contributed by atoms with Crippen molar-refractivity contribution < 1.29 is 0 Å². The van der Waals surface area contributed by atoms with E-state index in [1.54, 1.807) is 0 Å². The first-order valence-corrected chi connectivity index (χ1v) is 10.9. The maximum absolute atomic E-state index is 5.24. The van der Waals surface area contributed by atoms with Gasteiger partial charge in [-0.3, -0.25) is 0 Å². The average molecular weight is 377 g/mol. The van der Waals surface area contributed by atoms with Crippen LogP contribution < -0.4 is 5.01 Å². The molecule has 0 saturated heterocycles. The van der Waals surface area contributed by atoms with Gasteiger partial charge in [-0.15, -0.1) is 0 Å². The van der Waals surface area contributed by atoms with E-state index in [-0.39, 0.29) is 10.3 Å². The summed E-state index contributed by atoms with van der Waals surface area (Å²) in [5, 5.41) is 8.79. The van der Waals surface area contributed by atoms with Gasteiger partial charge in [0.25, 0.3) is 0 Å². The van der Waals surface area contributed by atoms with Gasteiger partial charge in [0.1, 0.15) is 9.91 Å². The van der Waals surface area contributed by atoms with Crippen molar-refractivity contribution in [1.29, 1.82) is 0 Å². The summed E-state index contributed by atoms with van der Waals surface area (Å²) in [6.07, 6.45) is 3.86. The van der Waals surface area contributed by atoms with Gasteiger partial charge >= 0.3 is 0 Å². The van der Waals surface area contributed by atoms with Crippen LogP contribution in [0.25, 0.3) is 0 Å². The van der Waals surface area contributed by atoms with Crippen molar-refractivity contribution in [2.45, 2.75) is 51.8 Å². The van der Waals surface area contributed by atoms with E-state index < -0.39 is 0 Å². The molecular formula is C24H28N2S. The Balaban J connectivity index is 1.65. The number of rotatable bonds is 2. The molecule has 2 saturated carbocycles. The summed E-state index contributed by atoms with van der Waals surface area (Å²) in [7, 11) is 0. The average Bonchev–Trinajstić information content (AvgIpc) is 3.20. The van der Waals surface area contributed by atoms with E-state index in [0.29, 0.717) is 5.41 Å². The Labute approximate surface area is 167 Å². The van der Waals surface area contributed by atoms with Crippen LogP contribution in [0.3, 0.4) is 0 Å². The molecule has 3 heteroatoms. The number of para-hydroxylation sites is 1. The van der Waals surface area contributed by atoms with Crippen molar-refractivity contribution >= 4 is 22.5 Å². The van der Waals surface area contributed by atoms with Crippen molar-refractivity contribution in [1.82, 2.24) is 0 Å². The van der Waals surface area contributed by atoms with Crippen LogP contribution in [0.5, 0.6) is 0 Å². The fourth-order valence-electron chi connectivity index (χ4n) is 5.73. The third-order valence-electron chi connectivity index (χ3n) is 7.92. The number of hydrazone groups is 1. The molecule has 0 radical (unpaired) electrons. The lowest BCUT2D eigenvalue weighted by Gasteiger charge is -2.49. The first kappa shape index (κ1) is 17.4. The summed E-state index contributed by atoms with van der Waals surface area (Å²) in [6.45, 7) is 9.65. The van der Waals surface area contributed by atoms with E-state index in [1.807, 2.05) is 11.8 Å². The highest BCUT2D eigenvalue weighted by molar-refractivity contribution is 8.16. The molecule has 2 aromatic rings. The second-order valence-electron chi connectivity index (χ2n) is 9.30. The minimum Gasteiger partial charge on any atom is -0.247 e. The Morgan fingerprint density at radius 3 is 2.30 bits per heavy atom. The third-order valence-corrected chi connectivity index (χ3v) is 9.56. The van der Waals surface area contributed by atoms with Gasteiger partial charge in [0.15, 0.2) is 0 Å². The van der Waals surface area contributed by atoms with Gasteiger partial charge in [0.05, 0.1) is 5.69 Å². The highest BCUT2D eigenvalue weighted by Gasteiger charge is 2.73. The summed E-state index contributed by atoms with van der Waals surface area (Å²) in [5.74, 6) is 0.772. The zero-order valence-corrected chi connectivity index (χ0v) is 17.5. The molecule has 0 N–H and O–H groups in total. The van der Waals surface area contributed by atoms with Gasteiger partial charge in [-0.05, 0) is 49.7 Å². The van der Waals surface area contributed by atoms with E-state index in [4.69, 9.17) is 5.10 Å². The molecule has 140 valence electrons. The first-order valence-electron chi connectivity index (χ1n) is 10.1. The Kier molecular flexibility index (Phi) is 3.62. The van der Waals surface area contributed by atoms with Crippen LogP contribution in [0.4, 0.5) is 5.69 Å². The zero-order valence-electron chi connectivity index (χ0n) is 16.7. The summed E-state index contributed by atoms with van der Waals surface area (Å²) < 4.78 is 0. The SMILES string of the molecule is Cc1ccc(C2=NN(c3ccccc3)[C@]3(C[C@H]4CC[C@]3(C)C4(C)C)S2)cc1. The first-order chi connectivity index (χ1) is 12.9. The topological polar surface area (TPSA) is 15.6 Å². The van der Waals surface area contributed by atoms with E-state index in [2.05, 4.69) is 87.3 Å². The number of fused-ring (bicyclic) bond motifs is 3. The maximum Gasteiger partial charge on any atom is 0.126 e. The number of thioether (sulfide) groups is 1. The molecule has 2 bridgehead atoms. The number of aryl methyl sites for hydroxylation is 1. The molecule has 3 atom stereocenters. The molecule has 2 aliphatic carbocycles. The molecule has 3 aliphatic rings. The molecule has 1 heterocycles. The van der Waals surface area contributed by atoms with Crippen molar-refractivity contribution in [3.63, 3.8) is 0 Å². The molecule has 0 amide bonds. The summed E-state index contributed by atoms with van der Waals surface area (Å²) in [5.41, 5.74) is 4.33. The fourth-order valence-corrected chi connectivity index (χ4v) is 7.53. The monoisotopic (exact) mass is 376 g/mol. The van der Waals surface area contributed by atoms with E-state index in [0.717, 1.165) is 5.92 Å². The van der Waals surface area contributed by atoms with Crippen LogP contribution in [0.1, 0.15) is 51.2 Å². The molecule has 1 spiro atoms. The van der Waals surface area contributed by atoms with E-state index in [1.165, 1.54) is 41.1 Å². The van der Waals surface area contributed by atoms with Crippen LogP contribution >= 0.6 is 11.8 Å². The van der Waals surface area contributed by atoms with Crippen molar-refractivity contribution in [3.8, 4) is 0 Å². The summed E-state index contributed by atoms with van der Waals surface area (Å²) in [4.78, 5) is 0.0149. The van der Waals surface area contributed by atoms with Gasteiger partial charge in [-0.1, -0.05) is 80.6 Å². The number of anilines is 1. The predicted molar refractivity (Wildman–Crippen MR) is 116 cm³/mol. The quantitative estimate of drug-likeness (QED) is 0.598. The Morgan fingerprint density at radius 1 is 1.00 bits per heavy atom. The van der Waals surface area contributed by atoms with Crippen LogP contribution in [0.2, 0.25) is 0 Å². The zero-order chi connectivity index (χ0) is 18.9. The lowest BCUT2D eigenvalue weighted by Crippen LogP contribution is -2.53. The normalized spacial score (nSPS) is 33.7. The second kappa shape index (κ2) is 5.64. The Hall–Kier alpha value is -1.74. The second-order valence-corrected chi connectivity index (χ2v) is 10.6. The summed E-state index contributed by atoms with van der Waals surface area (Å²) in [6, 6.07) is 19.6. The van der Waals surface area contributed by atoms with Crippen molar-refractivity contribution in [2.75, 3.05) is 5.01 Å². The molecular weight excluding hydrogens is 348 g/mol. The van der Waals surface area contributed by atoms with Crippen LogP contribution in [-0.4, -0.2) is 9.91 Å². The number of hydrogen-bond acceptors (Lipinski definition) is 3. The minimum atomic E-state index is 0.0149. The minimum absolute atomic E-state index is 0.0149. The van der Waals surface area contributed by atoms with E-state index in [9.17, 15) is 0 Å². The van der Waals surface area contributed by atoms with Crippen molar-refractivity contribution in [2.24, 2.45) is 21.8 Å².